The lowest BCUT2D eigenvalue weighted by molar-refractivity contribution is 0.0584. The number of aromatic nitrogens is 4. The average molecular weight is 369 g/mol. The second-order valence-electron chi connectivity index (χ2n) is 6.75. The summed E-state index contributed by atoms with van der Waals surface area (Å²) in [5.41, 5.74) is 1.54. The van der Waals surface area contributed by atoms with E-state index in [4.69, 9.17) is 0 Å². The number of carbonyl (C=O) groups excluding carboxylic acids is 1. The van der Waals surface area contributed by atoms with Gasteiger partial charge in [0, 0.05) is 38.6 Å². The summed E-state index contributed by atoms with van der Waals surface area (Å²) in [5.74, 6) is 0.0955. The van der Waals surface area contributed by atoms with E-state index < -0.39 is 0 Å². The highest BCUT2D eigenvalue weighted by atomic mass is 32.1. The highest BCUT2D eigenvalue weighted by Crippen LogP contribution is 2.26. The van der Waals surface area contributed by atoms with Crippen LogP contribution in [0.3, 0.4) is 0 Å². The molecule has 1 saturated heterocycles. The number of carbonyl (C=O) groups is 1. The van der Waals surface area contributed by atoms with Crippen molar-refractivity contribution in [2.24, 2.45) is 7.05 Å². The van der Waals surface area contributed by atoms with Crippen molar-refractivity contribution in [3.05, 3.63) is 48.0 Å². The maximum absolute atomic E-state index is 13.2. The molecule has 0 spiro atoms. The summed E-state index contributed by atoms with van der Waals surface area (Å²) < 4.78 is 3.80. The van der Waals surface area contributed by atoms with Crippen LogP contribution < -0.4 is 0 Å². The van der Waals surface area contributed by atoms with Crippen LogP contribution in [0.25, 0.3) is 10.6 Å². The molecular weight excluding hydrogens is 346 g/mol. The minimum absolute atomic E-state index is 0.0955. The fraction of sp³-hybridized carbons (Fsp3) is 0.421. The van der Waals surface area contributed by atoms with Gasteiger partial charge in [-0.3, -0.25) is 9.48 Å². The fourth-order valence-corrected chi connectivity index (χ4v) is 4.33. The Morgan fingerprint density at radius 3 is 3.08 bits per heavy atom. The Kier molecular flexibility index (Phi) is 4.88. The molecule has 3 aromatic rings. The SMILES string of the molecule is Cn1nc(-c2cccs2)cc1C(=O)N1CCCC[C@@H]1CCn1ccnc1. The van der Waals surface area contributed by atoms with E-state index >= 15 is 0 Å². The Labute approximate surface area is 157 Å². The molecule has 136 valence electrons. The first kappa shape index (κ1) is 17.0. The summed E-state index contributed by atoms with van der Waals surface area (Å²) in [4.78, 5) is 20.5. The van der Waals surface area contributed by atoms with Crippen LogP contribution in [0, 0.1) is 0 Å². The summed E-state index contributed by atoms with van der Waals surface area (Å²) in [6, 6.07) is 6.25. The van der Waals surface area contributed by atoms with Crippen LogP contribution in [-0.4, -0.2) is 42.7 Å². The number of rotatable bonds is 5. The van der Waals surface area contributed by atoms with Gasteiger partial charge in [-0.1, -0.05) is 6.07 Å². The average Bonchev–Trinajstić information content (AvgIpc) is 3.41. The van der Waals surface area contributed by atoms with Gasteiger partial charge in [-0.2, -0.15) is 5.10 Å². The van der Waals surface area contributed by atoms with Crippen molar-refractivity contribution in [3.8, 4) is 10.6 Å². The van der Waals surface area contributed by atoms with E-state index in [9.17, 15) is 4.79 Å². The number of imidazole rings is 1. The largest absolute Gasteiger partial charge is 0.337 e. The van der Waals surface area contributed by atoms with Gasteiger partial charge >= 0.3 is 0 Å². The van der Waals surface area contributed by atoms with E-state index in [-0.39, 0.29) is 11.9 Å². The molecule has 0 bridgehead atoms. The van der Waals surface area contributed by atoms with Crippen LogP contribution in [0.2, 0.25) is 0 Å². The summed E-state index contributed by atoms with van der Waals surface area (Å²) >= 11 is 1.64. The Morgan fingerprint density at radius 1 is 1.38 bits per heavy atom. The Balaban J connectivity index is 1.51. The van der Waals surface area contributed by atoms with Crippen molar-refractivity contribution in [2.45, 2.75) is 38.3 Å². The molecule has 1 aliphatic heterocycles. The number of amides is 1. The lowest BCUT2D eigenvalue weighted by atomic mass is 9.98. The second kappa shape index (κ2) is 7.45. The van der Waals surface area contributed by atoms with Crippen molar-refractivity contribution >= 4 is 17.2 Å². The van der Waals surface area contributed by atoms with E-state index in [0.29, 0.717) is 5.69 Å². The summed E-state index contributed by atoms with van der Waals surface area (Å²) in [6.07, 6.45) is 9.89. The number of aryl methyl sites for hydroxylation is 2. The van der Waals surface area contributed by atoms with Gasteiger partial charge in [0.2, 0.25) is 0 Å². The van der Waals surface area contributed by atoms with Crippen molar-refractivity contribution in [1.82, 2.24) is 24.2 Å². The molecule has 0 unspecified atom stereocenters. The number of likely N-dealkylation sites (tertiary alicyclic amines) is 1. The van der Waals surface area contributed by atoms with Gasteiger partial charge < -0.3 is 9.47 Å². The van der Waals surface area contributed by atoms with Crippen LogP contribution in [0.15, 0.2) is 42.3 Å². The molecular formula is C19H23N5OS. The monoisotopic (exact) mass is 369 g/mol. The normalized spacial score (nSPS) is 17.6. The van der Waals surface area contributed by atoms with Gasteiger partial charge in [0.15, 0.2) is 0 Å². The third kappa shape index (κ3) is 3.44. The van der Waals surface area contributed by atoms with Gasteiger partial charge in [-0.05, 0) is 43.2 Å². The molecule has 3 aromatic heterocycles. The van der Waals surface area contributed by atoms with Crippen LogP contribution in [0.4, 0.5) is 0 Å². The number of thiophene rings is 1. The lowest BCUT2D eigenvalue weighted by Crippen LogP contribution is -2.44. The second-order valence-corrected chi connectivity index (χ2v) is 7.70. The fourth-order valence-electron chi connectivity index (χ4n) is 3.64. The van der Waals surface area contributed by atoms with Crippen molar-refractivity contribution in [2.75, 3.05) is 6.54 Å². The summed E-state index contributed by atoms with van der Waals surface area (Å²) in [5, 5.41) is 6.58. The highest BCUT2D eigenvalue weighted by molar-refractivity contribution is 7.13. The van der Waals surface area contributed by atoms with E-state index in [1.165, 1.54) is 6.42 Å². The lowest BCUT2D eigenvalue weighted by Gasteiger charge is -2.36. The summed E-state index contributed by atoms with van der Waals surface area (Å²) in [6.45, 7) is 1.72. The highest BCUT2D eigenvalue weighted by Gasteiger charge is 2.29. The molecule has 1 atom stereocenters. The van der Waals surface area contributed by atoms with Gasteiger partial charge in [0.25, 0.3) is 5.91 Å². The Hall–Kier alpha value is -2.41. The predicted octanol–water partition coefficient (Wildman–Crippen LogP) is 3.43. The molecule has 0 N–H and O–H groups in total. The van der Waals surface area contributed by atoms with E-state index in [2.05, 4.69) is 19.5 Å². The number of piperidine rings is 1. The third-order valence-electron chi connectivity index (χ3n) is 5.04. The van der Waals surface area contributed by atoms with Crippen LogP contribution in [-0.2, 0) is 13.6 Å². The minimum Gasteiger partial charge on any atom is -0.337 e. The molecule has 0 aromatic carbocycles. The number of hydrogen-bond acceptors (Lipinski definition) is 4. The molecule has 4 rings (SSSR count). The smallest absolute Gasteiger partial charge is 0.272 e. The molecule has 1 fully saturated rings. The molecule has 26 heavy (non-hydrogen) atoms. The number of nitrogens with zero attached hydrogens (tertiary/aromatic N) is 5. The molecule has 0 aliphatic carbocycles. The van der Waals surface area contributed by atoms with Gasteiger partial charge in [-0.15, -0.1) is 11.3 Å². The maximum atomic E-state index is 13.2. The molecule has 6 nitrogen and oxygen atoms in total. The Morgan fingerprint density at radius 2 is 2.31 bits per heavy atom. The predicted molar refractivity (Wildman–Crippen MR) is 102 cm³/mol. The van der Waals surface area contributed by atoms with E-state index in [0.717, 1.165) is 42.9 Å². The van der Waals surface area contributed by atoms with E-state index in [1.807, 2.05) is 43.2 Å². The van der Waals surface area contributed by atoms with Gasteiger partial charge in [0.05, 0.1) is 11.2 Å². The van der Waals surface area contributed by atoms with Crippen molar-refractivity contribution in [3.63, 3.8) is 0 Å². The summed E-state index contributed by atoms with van der Waals surface area (Å²) in [7, 11) is 1.86. The first-order valence-corrected chi connectivity index (χ1v) is 9.95. The van der Waals surface area contributed by atoms with Crippen LogP contribution in [0.1, 0.15) is 36.2 Å². The zero-order valence-corrected chi connectivity index (χ0v) is 15.7. The zero-order valence-electron chi connectivity index (χ0n) is 14.9. The number of hydrogen-bond donors (Lipinski definition) is 0. The maximum Gasteiger partial charge on any atom is 0.272 e. The van der Waals surface area contributed by atoms with E-state index in [1.54, 1.807) is 22.2 Å². The molecule has 1 amide bonds. The molecule has 0 saturated carbocycles. The zero-order chi connectivity index (χ0) is 17.9. The van der Waals surface area contributed by atoms with Crippen LogP contribution in [0.5, 0.6) is 0 Å². The first-order valence-electron chi connectivity index (χ1n) is 9.07. The van der Waals surface area contributed by atoms with Gasteiger partial charge in [-0.25, -0.2) is 4.98 Å². The standard InChI is InChI=1S/C19H23N5OS/c1-22-17(13-16(21-22)18-6-4-12-26-18)19(25)24-9-3-2-5-15(24)7-10-23-11-8-20-14-23/h4,6,8,11-15H,2-3,5,7,9-10H2,1H3/t15-/m1/s1. The molecule has 4 heterocycles. The molecule has 7 heteroatoms. The van der Waals surface area contributed by atoms with Gasteiger partial charge in [0.1, 0.15) is 11.4 Å². The molecule has 1 aliphatic rings. The topological polar surface area (TPSA) is 56.0 Å². The quantitative estimate of drug-likeness (QED) is 0.692. The van der Waals surface area contributed by atoms with Crippen molar-refractivity contribution in [1.29, 1.82) is 0 Å². The third-order valence-corrected chi connectivity index (χ3v) is 5.93. The molecule has 0 radical (unpaired) electrons. The Bertz CT molecular complexity index is 853. The van der Waals surface area contributed by atoms with Crippen molar-refractivity contribution < 1.29 is 4.79 Å². The van der Waals surface area contributed by atoms with Crippen LogP contribution >= 0.6 is 11.3 Å². The minimum atomic E-state index is 0.0955. The first-order chi connectivity index (χ1) is 12.7.